The molecular formula is C27H48N2O2S. The van der Waals surface area contributed by atoms with Crippen molar-refractivity contribution in [3.05, 3.63) is 48.4 Å². The molecule has 0 aromatic heterocycles. The minimum Gasteiger partial charge on any atom is -0.478 e. The van der Waals surface area contributed by atoms with Crippen LogP contribution in [0.5, 0.6) is 0 Å². The Labute approximate surface area is 203 Å². The molecule has 184 valence electrons. The largest absolute Gasteiger partial charge is 0.478 e. The van der Waals surface area contributed by atoms with Crippen molar-refractivity contribution in [2.75, 3.05) is 6.54 Å². The third-order valence-electron chi connectivity index (χ3n) is 4.29. The number of carbonyl (C=O) groups is 1. The minimum atomic E-state index is 0.0148. The Morgan fingerprint density at radius 2 is 1.72 bits per heavy atom. The summed E-state index contributed by atoms with van der Waals surface area (Å²) in [5, 5.41) is 0.466. The van der Waals surface area contributed by atoms with Crippen LogP contribution in [0.3, 0.4) is 0 Å². The summed E-state index contributed by atoms with van der Waals surface area (Å²) in [6, 6.07) is 0. The average Bonchev–Trinajstić information content (AvgIpc) is 2.79. The van der Waals surface area contributed by atoms with Gasteiger partial charge in [-0.2, -0.15) is 0 Å². The molecule has 0 saturated heterocycles. The highest BCUT2D eigenvalue weighted by Crippen LogP contribution is 2.22. The van der Waals surface area contributed by atoms with Gasteiger partial charge in [0.25, 0.3) is 0 Å². The van der Waals surface area contributed by atoms with E-state index >= 15 is 0 Å². The predicted molar refractivity (Wildman–Crippen MR) is 145 cm³/mol. The van der Waals surface area contributed by atoms with Crippen LogP contribution in [-0.2, 0) is 9.53 Å². The van der Waals surface area contributed by atoms with Crippen molar-refractivity contribution in [1.82, 2.24) is 4.31 Å². The number of hydrogen-bond acceptors (Lipinski definition) is 5. The zero-order valence-corrected chi connectivity index (χ0v) is 22.9. The van der Waals surface area contributed by atoms with Crippen LogP contribution in [-0.4, -0.2) is 33.9 Å². The molecule has 1 aliphatic carbocycles. The van der Waals surface area contributed by atoms with Crippen LogP contribution in [0.25, 0.3) is 0 Å². The molecule has 0 spiro atoms. The van der Waals surface area contributed by atoms with Crippen molar-refractivity contribution >= 4 is 23.6 Å². The van der Waals surface area contributed by atoms with Gasteiger partial charge in [-0.25, -0.2) is 4.99 Å². The Morgan fingerprint density at radius 3 is 2.19 bits per heavy atom. The predicted octanol–water partition coefficient (Wildman–Crippen LogP) is 8.28. The smallest absolute Gasteiger partial charge is 0.185 e. The number of aliphatic imine (C=N–C) groups is 1. The van der Waals surface area contributed by atoms with Gasteiger partial charge in [0.1, 0.15) is 6.10 Å². The zero-order chi connectivity index (χ0) is 24.9. The Bertz CT molecular complexity index is 628. The summed E-state index contributed by atoms with van der Waals surface area (Å²) in [4.78, 5) is 16.1. The van der Waals surface area contributed by atoms with E-state index in [-0.39, 0.29) is 11.9 Å². The topological polar surface area (TPSA) is 41.9 Å². The molecule has 0 amide bonds. The van der Waals surface area contributed by atoms with Crippen LogP contribution >= 0.6 is 11.9 Å². The molecule has 1 rings (SSSR count). The van der Waals surface area contributed by atoms with Gasteiger partial charge in [-0.15, -0.1) is 0 Å². The normalized spacial score (nSPS) is 15.5. The number of nitrogens with zero attached hydrogens (tertiary/aromatic N) is 2. The van der Waals surface area contributed by atoms with Crippen LogP contribution < -0.4 is 0 Å². The molecule has 1 fully saturated rings. The highest BCUT2D eigenvalue weighted by molar-refractivity contribution is 7.97. The first-order chi connectivity index (χ1) is 15.3. The second-order valence-corrected chi connectivity index (χ2v) is 8.85. The van der Waals surface area contributed by atoms with Crippen molar-refractivity contribution in [3.8, 4) is 0 Å². The fourth-order valence-electron chi connectivity index (χ4n) is 2.99. The highest BCUT2D eigenvalue weighted by Gasteiger charge is 2.15. The molecule has 0 N–H and O–H groups in total. The van der Waals surface area contributed by atoms with E-state index in [0.29, 0.717) is 17.7 Å². The molecule has 0 aromatic rings. The standard InChI is InChI=1S/C23H36N2O2S.2C2H6/c1-7-21(15-14-19(5)26)23(16-17-25(8-2)28-18(3)4)24-20(6)27-22-12-10-9-11-13-22;2*1-2/h7-8,14-16,18,22H,2,9-13,17H2,1,3-6H3;2*1-2H3/b15-14-,21-7+,23-16-,24-20?;;. The Morgan fingerprint density at radius 1 is 1.12 bits per heavy atom. The summed E-state index contributed by atoms with van der Waals surface area (Å²) in [6.45, 7) is 22.3. The van der Waals surface area contributed by atoms with Gasteiger partial charge in [-0.1, -0.05) is 60.6 Å². The minimum absolute atomic E-state index is 0.0148. The van der Waals surface area contributed by atoms with E-state index in [9.17, 15) is 4.79 Å². The third-order valence-corrected chi connectivity index (χ3v) is 5.28. The molecule has 0 aliphatic heterocycles. The molecule has 1 saturated carbocycles. The van der Waals surface area contributed by atoms with E-state index in [1.54, 1.807) is 24.9 Å². The van der Waals surface area contributed by atoms with Gasteiger partial charge in [0.2, 0.25) is 0 Å². The van der Waals surface area contributed by atoms with Gasteiger partial charge in [-0.3, -0.25) is 4.79 Å². The monoisotopic (exact) mass is 464 g/mol. The molecule has 0 aromatic carbocycles. The van der Waals surface area contributed by atoms with E-state index < -0.39 is 0 Å². The van der Waals surface area contributed by atoms with Gasteiger partial charge in [0.15, 0.2) is 11.7 Å². The number of hydrogen-bond donors (Lipinski definition) is 0. The molecule has 0 radical (unpaired) electrons. The fourth-order valence-corrected chi connectivity index (χ4v) is 3.78. The number of ketones is 1. The second kappa shape index (κ2) is 21.1. The summed E-state index contributed by atoms with van der Waals surface area (Å²) in [5.74, 6) is 0.691. The third kappa shape index (κ3) is 16.0. The SMILES string of the molecule is C=CN(C/C=C(N=C(C)OC1CCCCC1)/C(/C=C\C(C)=O)=C/C)SC(C)C.CC.CC. The van der Waals surface area contributed by atoms with E-state index in [1.165, 1.54) is 19.3 Å². The number of allylic oxidation sites excluding steroid dienone is 3. The van der Waals surface area contributed by atoms with Gasteiger partial charge in [0.05, 0.1) is 5.70 Å². The summed E-state index contributed by atoms with van der Waals surface area (Å²) in [6.07, 6.45) is 15.5. The average molecular weight is 465 g/mol. The van der Waals surface area contributed by atoms with Gasteiger partial charge < -0.3 is 9.04 Å². The molecule has 0 atom stereocenters. The lowest BCUT2D eigenvalue weighted by atomic mass is 9.98. The Hall–Kier alpha value is -1.75. The molecule has 0 heterocycles. The van der Waals surface area contributed by atoms with E-state index in [4.69, 9.17) is 9.73 Å². The molecule has 4 nitrogen and oxygen atoms in total. The quantitative estimate of drug-likeness (QED) is 0.107. The summed E-state index contributed by atoms with van der Waals surface area (Å²) in [7, 11) is 0. The number of rotatable bonds is 10. The van der Waals surface area contributed by atoms with E-state index in [0.717, 1.165) is 24.1 Å². The second-order valence-electron chi connectivity index (χ2n) is 7.22. The molecule has 0 bridgehead atoms. The van der Waals surface area contributed by atoms with Crippen LogP contribution in [0.2, 0.25) is 0 Å². The van der Waals surface area contributed by atoms with Gasteiger partial charge in [-0.05, 0) is 75.3 Å². The molecule has 5 heteroatoms. The summed E-state index contributed by atoms with van der Waals surface area (Å²) < 4.78 is 8.17. The highest BCUT2D eigenvalue weighted by atomic mass is 32.2. The van der Waals surface area contributed by atoms with Crippen molar-refractivity contribution in [1.29, 1.82) is 0 Å². The van der Waals surface area contributed by atoms with Crippen LogP contribution in [0.4, 0.5) is 0 Å². The Kier molecular flexibility index (Phi) is 21.4. The van der Waals surface area contributed by atoms with Crippen molar-refractivity contribution in [2.24, 2.45) is 4.99 Å². The fraction of sp³-hybridized carbons (Fsp3) is 0.630. The molecule has 0 unspecified atom stereocenters. The van der Waals surface area contributed by atoms with Crippen LogP contribution in [0, 0.1) is 0 Å². The van der Waals surface area contributed by atoms with Gasteiger partial charge in [0, 0.05) is 24.9 Å². The first kappa shape index (κ1) is 32.4. The maximum Gasteiger partial charge on any atom is 0.185 e. The lowest BCUT2D eigenvalue weighted by Gasteiger charge is -2.23. The van der Waals surface area contributed by atoms with Crippen LogP contribution in [0.15, 0.2) is 53.3 Å². The first-order valence-electron chi connectivity index (χ1n) is 12.2. The molecular weight excluding hydrogens is 416 g/mol. The zero-order valence-electron chi connectivity index (χ0n) is 22.1. The summed E-state index contributed by atoms with van der Waals surface area (Å²) in [5.41, 5.74) is 1.71. The first-order valence-corrected chi connectivity index (χ1v) is 13.0. The number of carbonyl (C=O) groups excluding carboxylic acids is 1. The van der Waals surface area contributed by atoms with Crippen molar-refractivity contribution in [2.45, 2.75) is 106 Å². The lowest BCUT2D eigenvalue weighted by molar-refractivity contribution is -0.112. The maximum absolute atomic E-state index is 11.4. The van der Waals surface area contributed by atoms with E-state index in [1.807, 2.05) is 59.9 Å². The van der Waals surface area contributed by atoms with Gasteiger partial charge >= 0.3 is 0 Å². The lowest BCUT2D eigenvalue weighted by Crippen LogP contribution is -2.19. The number of ether oxygens (including phenoxy) is 1. The maximum atomic E-state index is 11.4. The molecule has 1 aliphatic rings. The van der Waals surface area contributed by atoms with Crippen molar-refractivity contribution < 1.29 is 9.53 Å². The molecule has 32 heavy (non-hydrogen) atoms. The van der Waals surface area contributed by atoms with Crippen LogP contribution in [0.1, 0.15) is 94.4 Å². The Balaban J connectivity index is 0. The van der Waals surface area contributed by atoms with E-state index in [2.05, 4.69) is 30.8 Å². The van der Waals surface area contributed by atoms with Crippen molar-refractivity contribution in [3.63, 3.8) is 0 Å². The summed E-state index contributed by atoms with van der Waals surface area (Å²) >= 11 is 1.73.